The predicted octanol–water partition coefficient (Wildman–Crippen LogP) is 4.02. The number of fused-ring (bicyclic) bond motifs is 1. The van der Waals surface area contributed by atoms with Crippen LogP contribution in [0.2, 0.25) is 0 Å². The van der Waals surface area contributed by atoms with Crippen LogP contribution in [0.1, 0.15) is 86.0 Å². The highest BCUT2D eigenvalue weighted by Crippen LogP contribution is 2.41. The summed E-state index contributed by atoms with van der Waals surface area (Å²) in [5.41, 5.74) is 1.48. The van der Waals surface area contributed by atoms with Crippen LogP contribution >= 0.6 is 0 Å². The van der Waals surface area contributed by atoms with Gasteiger partial charge in [-0.3, -0.25) is 14.3 Å². The summed E-state index contributed by atoms with van der Waals surface area (Å²) in [7, 11) is 1.63. The predicted molar refractivity (Wildman–Crippen MR) is 125 cm³/mol. The summed E-state index contributed by atoms with van der Waals surface area (Å²) < 4.78 is 7.15. The number of nitrogens with one attached hydrogen (secondary N) is 1. The zero-order chi connectivity index (χ0) is 23.0. The Labute approximate surface area is 195 Å². The first-order valence-electron chi connectivity index (χ1n) is 12.3. The minimum atomic E-state index is -1.02. The third kappa shape index (κ3) is 4.37. The van der Waals surface area contributed by atoms with E-state index in [-0.39, 0.29) is 17.9 Å². The maximum atomic E-state index is 13.8. The Bertz CT molecular complexity index is 1040. The molecule has 176 valence electrons. The minimum Gasteiger partial charge on any atom is -0.497 e. The van der Waals surface area contributed by atoms with Gasteiger partial charge in [0.1, 0.15) is 17.0 Å². The van der Waals surface area contributed by atoms with Crippen molar-refractivity contribution in [2.24, 2.45) is 0 Å². The van der Waals surface area contributed by atoms with Crippen LogP contribution in [0.15, 0.2) is 30.3 Å². The Balaban J connectivity index is 1.47. The zero-order valence-electron chi connectivity index (χ0n) is 19.7. The molecule has 2 fully saturated rings. The summed E-state index contributed by atoms with van der Waals surface area (Å²) in [5, 5.41) is 8.04. The van der Waals surface area contributed by atoms with E-state index in [0.29, 0.717) is 24.7 Å². The smallest absolute Gasteiger partial charge is 0.273 e. The minimum absolute atomic E-state index is 0.0835. The molecule has 0 bridgehead atoms. The Morgan fingerprint density at radius 1 is 1.15 bits per heavy atom. The Morgan fingerprint density at radius 2 is 1.91 bits per heavy atom. The summed E-state index contributed by atoms with van der Waals surface area (Å²) in [4.78, 5) is 29.3. The molecule has 0 radical (unpaired) electrons. The van der Waals surface area contributed by atoms with Gasteiger partial charge in [-0.25, -0.2) is 0 Å². The molecule has 5 rings (SSSR count). The van der Waals surface area contributed by atoms with Gasteiger partial charge in [0, 0.05) is 18.5 Å². The van der Waals surface area contributed by atoms with Gasteiger partial charge < -0.3 is 15.0 Å². The molecule has 0 spiro atoms. The molecule has 0 unspecified atom stereocenters. The third-order valence-electron chi connectivity index (χ3n) is 7.47. The fraction of sp³-hybridized carbons (Fsp3) is 0.577. The number of hydrogen-bond acceptors (Lipinski definition) is 4. The van der Waals surface area contributed by atoms with Gasteiger partial charge in [0.25, 0.3) is 5.91 Å². The van der Waals surface area contributed by atoms with E-state index >= 15 is 0 Å². The summed E-state index contributed by atoms with van der Waals surface area (Å²) in [6.07, 6.45) is 8.99. The van der Waals surface area contributed by atoms with Crippen LogP contribution in [0.25, 0.3) is 0 Å². The number of carbonyl (C=O) groups excluding carboxylic acids is 2. The molecule has 7 nitrogen and oxygen atoms in total. The lowest BCUT2D eigenvalue weighted by Crippen LogP contribution is -2.64. The highest BCUT2D eigenvalue weighted by atomic mass is 16.5. The second-order valence-corrected chi connectivity index (χ2v) is 10.1. The van der Waals surface area contributed by atoms with Crippen molar-refractivity contribution in [3.63, 3.8) is 0 Å². The Morgan fingerprint density at radius 3 is 2.61 bits per heavy atom. The van der Waals surface area contributed by atoms with Crippen molar-refractivity contribution in [2.45, 2.75) is 88.9 Å². The second kappa shape index (κ2) is 8.84. The maximum absolute atomic E-state index is 13.8. The molecule has 2 aromatic rings. The summed E-state index contributed by atoms with van der Waals surface area (Å²) in [6.45, 7) is 2.59. The van der Waals surface area contributed by atoms with Crippen LogP contribution in [0.4, 0.5) is 0 Å². The normalized spacial score (nSPS) is 23.7. The van der Waals surface area contributed by atoms with Crippen molar-refractivity contribution in [3.8, 4) is 5.75 Å². The highest BCUT2D eigenvalue weighted by molar-refractivity contribution is 5.99. The molecule has 1 aromatic heterocycles. The molecule has 1 atom stereocenters. The molecule has 0 saturated heterocycles. The van der Waals surface area contributed by atoms with Gasteiger partial charge in [-0.15, -0.1) is 0 Å². The van der Waals surface area contributed by atoms with Crippen molar-refractivity contribution < 1.29 is 14.3 Å². The van der Waals surface area contributed by atoms with Gasteiger partial charge in [-0.1, -0.05) is 37.8 Å². The van der Waals surface area contributed by atoms with Crippen molar-refractivity contribution in [2.75, 3.05) is 7.11 Å². The van der Waals surface area contributed by atoms with E-state index in [0.717, 1.165) is 55.5 Å². The lowest BCUT2D eigenvalue weighted by Gasteiger charge is -2.44. The SMILES string of the molecule is COc1cccc(CN2C(=O)c3cc(C4CC4)nn3C[C@@]2(C)C(=O)NC2CCCCCC2)c1. The van der Waals surface area contributed by atoms with Gasteiger partial charge in [-0.2, -0.15) is 5.10 Å². The molecule has 33 heavy (non-hydrogen) atoms. The van der Waals surface area contributed by atoms with Gasteiger partial charge in [0.2, 0.25) is 5.91 Å². The van der Waals surface area contributed by atoms with Crippen LogP contribution < -0.4 is 10.1 Å². The van der Waals surface area contributed by atoms with E-state index in [1.807, 2.05) is 37.3 Å². The van der Waals surface area contributed by atoms with Gasteiger partial charge in [-0.05, 0) is 56.4 Å². The standard InChI is InChI=1S/C26H34N4O3/c1-26(25(32)27-20-9-5-3-4-6-10-20)17-30-23(15-22(28-30)19-12-13-19)24(31)29(26)16-18-8-7-11-21(14-18)33-2/h7-8,11,14-15,19-20H,3-6,9-10,12-13,16-17H2,1-2H3,(H,27,32)/t26-/m0/s1. The maximum Gasteiger partial charge on any atom is 0.273 e. The first-order chi connectivity index (χ1) is 16.0. The fourth-order valence-electron chi connectivity index (χ4n) is 5.21. The van der Waals surface area contributed by atoms with Crippen LogP contribution in [0, 0.1) is 0 Å². The van der Waals surface area contributed by atoms with Gasteiger partial charge in [0.15, 0.2) is 0 Å². The first-order valence-corrected chi connectivity index (χ1v) is 12.3. The molecule has 7 heteroatoms. The summed E-state index contributed by atoms with van der Waals surface area (Å²) >= 11 is 0. The zero-order valence-corrected chi connectivity index (χ0v) is 19.7. The molecule has 3 aliphatic rings. The molecule has 1 aromatic carbocycles. The number of carbonyl (C=O) groups is 2. The Hall–Kier alpha value is -2.83. The van der Waals surface area contributed by atoms with Crippen LogP contribution in [-0.2, 0) is 17.9 Å². The molecule has 2 amide bonds. The number of ether oxygens (including phenoxy) is 1. The quantitative estimate of drug-likeness (QED) is 0.675. The van der Waals surface area contributed by atoms with Crippen LogP contribution in [-0.4, -0.2) is 45.2 Å². The lowest BCUT2D eigenvalue weighted by molar-refractivity contribution is -0.134. The summed E-state index contributed by atoms with van der Waals surface area (Å²) in [5.74, 6) is 0.971. The van der Waals surface area contributed by atoms with E-state index < -0.39 is 5.54 Å². The van der Waals surface area contributed by atoms with Gasteiger partial charge in [0.05, 0.1) is 19.3 Å². The number of methoxy groups -OCH3 is 1. The van der Waals surface area contributed by atoms with E-state index in [1.54, 1.807) is 16.7 Å². The molecule has 2 aliphatic carbocycles. The van der Waals surface area contributed by atoms with Crippen LogP contribution in [0.3, 0.4) is 0 Å². The van der Waals surface area contributed by atoms with Crippen LogP contribution in [0.5, 0.6) is 5.75 Å². The molecule has 1 aliphatic heterocycles. The van der Waals surface area contributed by atoms with Crippen molar-refractivity contribution in [1.29, 1.82) is 0 Å². The van der Waals surface area contributed by atoms with Crippen molar-refractivity contribution in [3.05, 3.63) is 47.3 Å². The van der Waals surface area contributed by atoms with E-state index in [9.17, 15) is 9.59 Å². The number of nitrogens with zero attached hydrogens (tertiary/aromatic N) is 3. The topological polar surface area (TPSA) is 76.5 Å². The highest BCUT2D eigenvalue weighted by Gasteiger charge is 2.48. The summed E-state index contributed by atoms with van der Waals surface area (Å²) in [6, 6.07) is 9.81. The van der Waals surface area contributed by atoms with Crippen molar-refractivity contribution in [1.82, 2.24) is 20.0 Å². The molecule has 1 N–H and O–H groups in total. The fourth-order valence-corrected chi connectivity index (χ4v) is 5.21. The average molecular weight is 451 g/mol. The number of rotatable bonds is 6. The molecular weight excluding hydrogens is 416 g/mol. The lowest BCUT2D eigenvalue weighted by atomic mass is 9.93. The van der Waals surface area contributed by atoms with E-state index in [4.69, 9.17) is 9.84 Å². The number of aromatic nitrogens is 2. The van der Waals surface area contributed by atoms with E-state index in [1.165, 1.54) is 12.8 Å². The first kappa shape index (κ1) is 22.0. The monoisotopic (exact) mass is 450 g/mol. The Kier molecular flexibility index (Phi) is 5.89. The number of benzene rings is 1. The third-order valence-corrected chi connectivity index (χ3v) is 7.47. The van der Waals surface area contributed by atoms with Crippen molar-refractivity contribution >= 4 is 11.8 Å². The molecule has 2 heterocycles. The molecular formula is C26H34N4O3. The van der Waals surface area contributed by atoms with Gasteiger partial charge >= 0.3 is 0 Å². The largest absolute Gasteiger partial charge is 0.497 e. The van der Waals surface area contributed by atoms with E-state index in [2.05, 4.69) is 5.32 Å². The average Bonchev–Trinajstić information content (AvgIpc) is 3.62. The molecule has 2 saturated carbocycles. The second-order valence-electron chi connectivity index (χ2n) is 10.1. The number of hydrogen-bond donors (Lipinski definition) is 1. The number of amides is 2.